The largest absolute Gasteiger partial charge is 0.273 e. The Balaban J connectivity index is 0.000000211. The van der Waals surface area contributed by atoms with Crippen LogP contribution in [0.3, 0.4) is 0 Å². The zero-order valence-corrected chi connectivity index (χ0v) is 13.7. The van der Waals surface area contributed by atoms with E-state index in [2.05, 4.69) is 60.6 Å². The summed E-state index contributed by atoms with van der Waals surface area (Å²) in [6, 6.07) is 0. The predicted molar refractivity (Wildman–Crippen MR) is 84.0 cm³/mol. The summed E-state index contributed by atoms with van der Waals surface area (Å²) in [6.07, 6.45) is 3.43. The van der Waals surface area contributed by atoms with Crippen LogP contribution in [0.15, 0.2) is 5.10 Å². The Hall–Kier alpha value is -1.72. The molecule has 0 aliphatic carbocycles. The average molecular weight is 293 g/mol. The molecule has 2 N–H and O–H groups in total. The van der Waals surface area contributed by atoms with Crippen molar-refractivity contribution in [2.24, 2.45) is 16.9 Å². The highest BCUT2D eigenvalue weighted by Crippen LogP contribution is 2.08. The fourth-order valence-corrected chi connectivity index (χ4v) is 2.10. The van der Waals surface area contributed by atoms with Gasteiger partial charge in [0.15, 0.2) is 0 Å². The first-order valence-electron chi connectivity index (χ1n) is 7.65. The molecule has 0 saturated carbocycles. The van der Waals surface area contributed by atoms with Crippen molar-refractivity contribution in [1.29, 1.82) is 0 Å². The average Bonchev–Trinajstić information content (AvgIpc) is 2.98. The van der Waals surface area contributed by atoms with Crippen LogP contribution in [-0.4, -0.2) is 27.0 Å². The molecule has 6 nitrogen and oxygen atoms in total. The molecule has 0 bridgehead atoms. The zero-order valence-electron chi connectivity index (χ0n) is 13.7. The minimum absolute atomic E-state index is 0.0238. The minimum atomic E-state index is 0.0238. The summed E-state index contributed by atoms with van der Waals surface area (Å²) < 4.78 is 0. The van der Waals surface area contributed by atoms with Crippen molar-refractivity contribution in [1.82, 2.24) is 20.8 Å². The van der Waals surface area contributed by atoms with Gasteiger partial charge in [0.25, 0.3) is 0 Å². The maximum atomic E-state index is 10.6. The van der Waals surface area contributed by atoms with E-state index in [4.69, 9.17) is 0 Å². The third-order valence-electron chi connectivity index (χ3n) is 2.99. The number of hydrazone groups is 1. The summed E-state index contributed by atoms with van der Waals surface area (Å²) >= 11 is 0. The van der Waals surface area contributed by atoms with E-state index in [1.54, 1.807) is 0 Å². The van der Waals surface area contributed by atoms with E-state index in [9.17, 15) is 4.79 Å². The Morgan fingerprint density at radius 3 is 2.14 bits per heavy atom. The molecule has 2 rings (SSSR count). The molecule has 0 radical (unpaired) electrons. The number of H-pyrrole nitrogens is 1. The van der Waals surface area contributed by atoms with E-state index in [-0.39, 0.29) is 5.91 Å². The number of hydrogen-bond acceptors (Lipinski definition) is 4. The van der Waals surface area contributed by atoms with E-state index >= 15 is 0 Å². The Morgan fingerprint density at radius 2 is 1.67 bits per heavy atom. The molecule has 0 fully saturated rings. The van der Waals surface area contributed by atoms with Gasteiger partial charge in [-0.2, -0.15) is 20.5 Å². The van der Waals surface area contributed by atoms with Crippen LogP contribution in [0.4, 0.5) is 0 Å². The molecule has 0 aromatic carbocycles. The number of hydrogen-bond donors (Lipinski definition) is 2. The monoisotopic (exact) mass is 293 g/mol. The number of aromatic nitrogens is 3. The van der Waals surface area contributed by atoms with Crippen molar-refractivity contribution >= 4 is 11.6 Å². The van der Waals surface area contributed by atoms with Gasteiger partial charge in [0.1, 0.15) is 0 Å². The smallest absolute Gasteiger partial charge is 0.245 e. The zero-order chi connectivity index (χ0) is 15.8. The number of aryl methyl sites for hydroxylation is 1. The molecule has 0 spiro atoms. The van der Waals surface area contributed by atoms with Gasteiger partial charge >= 0.3 is 0 Å². The van der Waals surface area contributed by atoms with Crippen LogP contribution in [0.5, 0.6) is 0 Å². The quantitative estimate of drug-likeness (QED) is 0.874. The molecular weight excluding hydrogens is 266 g/mol. The Morgan fingerprint density at radius 1 is 1.05 bits per heavy atom. The van der Waals surface area contributed by atoms with Crippen LogP contribution in [0, 0.1) is 11.8 Å². The number of aromatic amines is 1. The summed E-state index contributed by atoms with van der Waals surface area (Å²) in [5.41, 5.74) is 5.65. The van der Waals surface area contributed by atoms with Crippen LogP contribution < -0.4 is 5.43 Å². The van der Waals surface area contributed by atoms with Gasteiger partial charge in [-0.25, -0.2) is 5.43 Å². The van der Waals surface area contributed by atoms with Gasteiger partial charge in [-0.15, -0.1) is 0 Å². The lowest BCUT2D eigenvalue weighted by atomic mass is 10.1. The van der Waals surface area contributed by atoms with Crippen LogP contribution in [0.1, 0.15) is 58.8 Å². The SMILES string of the molecule is CC(C)CC1=NNC(=O)C1.CCc1n[nH]nc1CC(C)C. The predicted octanol–water partition coefficient (Wildman–Crippen LogP) is 2.47. The van der Waals surface area contributed by atoms with Crippen LogP contribution >= 0.6 is 0 Å². The first kappa shape index (κ1) is 17.3. The van der Waals surface area contributed by atoms with Crippen molar-refractivity contribution in [3.05, 3.63) is 11.4 Å². The van der Waals surface area contributed by atoms with Crippen molar-refractivity contribution in [2.45, 2.75) is 60.3 Å². The molecule has 1 aromatic heterocycles. The highest BCUT2D eigenvalue weighted by atomic mass is 16.2. The Bertz CT molecular complexity index is 476. The fourth-order valence-electron chi connectivity index (χ4n) is 2.10. The second kappa shape index (κ2) is 8.54. The van der Waals surface area contributed by atoms with E-state index in [1.165, 1.54) is 0 Å². The number of carbonyl (C=O) groups is 1. The molecule has 0 atom stereocenters. The third-order valence-corrected chi connectivity index (χ3v) is 2.99. The normalized spacial score (nSPS) is 14.0. The number of amides is 1. The van der Waals surface area contributed by atoms with Gasteiger partial charge in [-0.05, 0) is 31.1 Å². The molecule has 0 saturated heterocycles. The molecule has 1 aromatic rings. The summed E-state index contributed by atoms with van der Waals surface area (Å²) in [6.45, 7) is 10.7. The van der Waals surface area contributed by atoms with E-state index in [1.807, 2.05) is 0 Å². The second-order valence-electron chi connectivity index (χ2n) is 6.16. The lowest BCUT2D eigenvalue weighted by Crippen LogP contribution is -2.09. The van der Waals surface area contributed by atoms with Crippen LogP contribution in [-0.2, 0) is 17.6 Å². The van der Waals surface area contributed by atoms with Crippen molar-refractivity contribution in [3.8, 4) is 0 Å². The molecule has 118 valence electrons. The van der Waals surface area contributed by atoms with E-state index < -0.39 is 0 Å². The molecule has 21 heavy (non-hydrogen) atoms. The fraction of sp³-hybridized carbons (Fsp3) is 0.733. The molecule has 1 amide bonds. The van der Waals surface area contributed by atoms with Crippen molar-refractivity contribution in [3.63, 3.8) is 0 Å². The maximum absolute atomic E-state index is 10.6. The lowest BCUT2D eigenvalue weighted by Gasteiger charge is -2.00. The molecular formula is C15H27N5O. The number of carbonyl (C=O) groups excluding carboxylic acids is 1. The Labute approximate surface area is 126 Å². The molecule has 0 unspecified atom stereocenters. The van der Waals surface area contributed by atoms with Crippen molar-refractivity contribution in [2.75, 3.05) is 0 Å². The highest BCUT2D eigenvalue weighted by molar-refractivity contribution is 6.04. The maximum Gasteiger partial charge on any atom is 0.245 e. The van der Waals surface area contributed by atoms with E-state index in [0.29, 0.717) is 18.3 Å². The van der Waals surface area contributed by atoms with E-state index in [0.717, 1.165) is 36.4 Å². The summed E-state index contributed by atoms with van der Waals surface area (Å²) in [7, 11) is 0. The van der Waals surface area contributed by atoms with Gasteiger partial charge in [-0.1, -0.05) is 34.6 Å². The first-order valence-corrected chi connectivity index (χ1v) is 7.65. The first-order chi connectivity index (χ1) is 9.92. The van der Waals surface area contributed by atoms with Crippen LogP contribution in [0.2, 0.25) is 0 Å². The summed E-state index contributed by atoms with van der Waals surface area (Å²) in [5.74, 6) is 1.27. The van der Waals surface area contributed by atoms with Crippen molar-refractivity contribution < 1.29 is 4.79 Å². The molecule has 1 aliphatic heterocycles. The molecule has 6 heteroatoms. The second-order valence-corrected chi connectivity index (χ2v) is 6.16. The van der Waals surface area contributed by atoms with Gasteiger partial charge in [0.2, 0.25) is 5.91 Å². The lowest BCUT2D eigenvalue weighted by molar-refractivity contribution is -0.119. The number of nitrogens with zero attached hydrogens (tertiary/aromatic N) is 3. The topological polar surface area (TPSA) is 83.0 Å². The number of rotatable bonds is 5. The standard InChI is InChI=1S/C8H15N3.C7H12N2O/c1-4-7-8(5-6(2)3)10-11-9-7;1-5(2)3-6-4-7(10)9-8-6/h6H,4-5H2,1-3H3,(H,9,10,11);5H,3-4H2,1-2H3,(H,9,10). The van der Waals surface area contributed by atoms with Gasteiger partial charge in [0.05, 0.1) is 17.8 Å². The molecule has 1 aliphatic rings. The summed E-state index contributed by atoms with van der Waals surface area (Å²) in [4.78, 5) is 10.6. The Kier molecular flexibility index (Phi) is 7.05. The van der Waals surface area contributed by atoms with Crippen LogP contribution in [0.25, 0.3) is 0 Å². The highest BCUT2D eigenvalue weighted by Gasteiger charge is 2.14. The molecule has 2 heterocycles. The minimum Gasteiger partial charge on any atom is -0.273 e. The summed E-state index contributed by atoms with van der Waals surface area (Å²) in [5, 5.41) is 14.7. The third kappa shape index (κ3) is 6.51. The van der Waals surface area contributed by atoms with Gasteiger partial charge < -0.3 is 0 Å². The van der Waals surface area contributed by atoms with Gasteiger partial charge in [-0.3, -0.25) is 4.79 Å². The van der Waals surface area contributed by atoms with Gasteiger partial charge in [0, 0.05) is 5.71 Å². The number of nitrogens with one attached hydrogen (secondary N) is 2.